The lowest BCUT2D eigenvalue weighted by Gasteiger charge is -2.05. The van der Waals surface area contributed by atoms with Crippen LogP contribution in [0.4, 0.5) is 0 Å². The van der Waals surface area contributed by atoms with Crippen LogP contribution in [0.5, 0.6) is 5.88 Å². The SMILES string of the molecule is CCCCCCCCCCCCOc1nc(C)sc1-c1sc(C)nc1C. The fourth-order valence-electron chi connectivity index (χ4n) is 3.15. The molecule has 2 aromatic heterocycles. The molecule has 0 aliphatic heterocycles. The van der Waals surface area contributed by atoms with Crippen molar-refractivity contribution in [2.45, 2.75) is 91.9 Å². The first kappa shape index (κ1) is 21.4. The van der Waals surface area contributed by atoms with Gasteiger partial charge in [-0.1, -0.05) is 64.7 Å². The van der Waals surface area contributed by atoms with Crippen LogP contribution < -0.4 is 4.74 Å². The summed E-state index contributed by atoms with van der Waals surface area (Å²) in [7, 11) is 0. The average molecular weight is 395 g/mol. The maximum absolute atomic E-state index is 6.03. The van der Waals surface area contributed by atoms with Gasteiger partial charge >= 0.3 is 0 Å². The van der Waals surface area contributed by atoms with E-state index >= 15 is 0 Å². The Kier molecular flexibility index (Phi) is 9.62. The molecule has 0 saturated carbocycles. The Morgan fingerprint density at radius 3 is 1.81 bits per heavy atom. The second kappa shape index (κ2) is 11.7. The predicted molar refractivity (Wildman–Crippen MR) is 115 cm³/mol. The maximum atomic E-state index is 6.03. The van der Waals surface area contributed by atoms with Gasteiger partial charge in [-0.3, -0.25) is 0 Å². The second-order valence-electron chi connectivity index (χ2n) is 7.05. The predicted octanol–water partition coefficient (Wildman–Crippen LogP) is 7.49. The van der Waals surface area contributed by atoms with Gasteiger partial charge in [0.05, 0.1) is 27.2 Å². The third-order valence-corrected chi connectivity index (χ3v) is 6.74. The normalized spacial score (nSPS) is 11.2. The Morgan fingerprint density at radius 2 is 1.23 bits per heavy atom. The van der Waals surface area contributed by atoms with Crippen LogP contribution in [0.1, 0.15) is 86.8 Å². The number of aromatic nitrogens is 2. The molecule has 0 aliphatic rings. The first-order valence-electron chi connectivity index (χ1n) is 10.2. The molecule has 2 heterocycles. The van der Waals surface area contributed by atoms with E-state index in [4.69, 9.17) is 4.74 Å². The second-order valence-corrected chi connectivity index (χ2v) is 9.45. The summed E-state index contributed by atoms with van der Waals surface area (Å²) in [6, 6.07) is 0. The summed E-state index contributed by atoms with van der Waals surface area (Å²) in [4.78, 5) is 11.5. The van der Waals surface area contributed by atoms with Crippen molar-refractivity contribution in [3.8, 4) is 15.6 Å². The Bertz CT molecular complexity index is 648. The van der Waals surface area contributed by atoms with Gasteiger partial charge in [0.15, 0.2) is 0 Å². The zero-order valence-corrected chi connectivity index (χ0v) is 18.5. The molecule has 0 radical (unpaired) electrons. The highest BCUT2D eigenvalue weighted by molar-refractivity contribution is 7.22. The summed E-state index contributed by atoms with van der Waals surface area (Å²) in [5.41, 5.74) is 1.08. The molecule has 0 N–H and O–H groups in total. The van der Waals surface area contributed by atoms with Gasteiger partial charge in [0.1, 0.15) is 4.88 Å². The molecule has 26 heavy (non-hydrogen) atoms. The summed E-state index contributed by atoms with van der Waals surface area (Å²) in [5.74, 6) is 0.801. The lowest BCUT2D eigenvalue weighted by Crippen LogP contribution is -1.98. The van der Waals surface area contributed by atoms with Crippen LogP contribution in [0.3, 0.4) is 0 Å². The lowest BCUT2D eigenvalue weighted by atomic mass is 10.1. The van der Waals surface area contributed by atoms with Gasteiger partial charge in [-0.15, -0.1) is 22.7 Å². The number of rotatable bonds is 13. The molecule has 0 fully saturated rings. The Labute approximate surface area is 167 Å². The largest absolute Gasteiger partial charge is 0.477 e. The monoisotopic (exact) mass is 394 g/mol. The van der Waals surface area contributed by atoms with Crippen LogP contribution >= 0.6 is 22.7 Å². The van der Waals surface area contributed by atoms with Gasteiger partial charge in [-0.2, -0.15) is 0 Å². The van der Waals surface area contributed by atoms with E-state index in [9.17, 15) is 0 Å². The molecule has 0 saturated heterocycles. The highest BCUT2D eigenvalue weighted by Gasteiger charge is 2.17. The molecule has 0 amide bonds. The smallest absolute Gasteiger partial charge is 0.233 e. The first-order valence-corrected chi connectivity index (χ1v) is 11.8. The zero-order valence-electron chi connectivity index (χ0n) is 16.9. The Morgan fingerprint density at radius 1 is 0.692 bits per heavy atom. The van der Waals surface area contributed by atoms with Crippen LogP contribution in [0.15, 0.2) is 0 Å². The minimum atomic E-state index is 0.767. The van der Waals surface area contributed by atoms with E-state index in [1.165, 1.54) is 62.7 Å². The number of nitrogens with zero attached hydrogens (tertiary/aromatic N) is 2. The van der Waals surface area contributed by atoms with Crippen LogP contribution in [0, 0.1) is 20.8 Å². The van der Waals surface area contributed by atoms with Crippen LogP contribution in [-0.4, -0.2) is 16.6 Å². The number of hydrogen-bond donors (Lipinski definition) is 0. The van der Waals surface area contributed by atoms with Gasteiger partial charge in [0.25, 0.3) is 0 Å². The average Bonchev–Trinajstić information content (AvgIpc) is 3.13. The number of ether oxygens (including phenoxy) is 1. The molecule has 0 aliphatic carbocycles. The van der Waals surface area contributed by atoms with E-state index in [0.717, 1.165) is 39.5 Å². The van der Waals surface area contributed by atoms with E-state index in [2.05, 4.69) is 30.7 Å². The van der Waals surface area contributed by atoms with Crippen molar-refractivity contribution in [3.63, 3.8) is 0 Å². The zero-order chi connectivity index (χ0) is 18.8. The van der Waals surface area contributed by atoms with E-state index in [1.54, 1.807) is 22.7 Å². The minimum absolute atomic E-state index is 0.767. The molecule has 0 bridgehead atoms. The fraction of sp³-hybridized carbons (Fsp3) is 0.714. The quantitative estimate of drug-likeness (QED) is 0.330. The van der Waals surface area contributed by atoms with Crippen molar-refractivity contribution in [3.05, 3.63) is 15.7 Å². The fourth-order valence-corrected chi connectivity index (χ4v) is 5.11. The maximum Gasteiger partial charge on any atom is 0.233 e. The molecule has 2 rings (SSSR count). The molecule has 5 heteroatoms. The van der Waals surface area contributed by atoms with E-state index in [1.807, 2.05) is 6.92 Å². The summed E-state index contributed by atoms with van der Waals surface area (Å²) >= 11 is 3.45. The van der Waals surface area contributed by atoms with Gasteiger partial charge in [-0.05, 0) is 27.2 Å². The van der Waals surface area contributed by atoms with Crippen molar-refractivity contribution in [1.82, 2.24) is 9.97 Å². The van der Waals surface area contributed by atoms with Crippen molar-refractivity contribution >= 4 is 22.7 Å². The highest BCUT2D eigenvalue weighted by Crippen LogP contribution is 2.40. The number of thiazole rings is 2. The van der Waals surface area contributed by atoms with E-state index < -0.39 is 0 Å². The third kappa shape index (κ3) is 6.99. The summed E-state index contributed by atoms with van der Waals surface area (Å²) in [5, 5.41) is 2.16. The number of unbranched alkanes of at least 4 members (excludes halogenated alkanes) is 9. The van der Waals surface area contributed by atoms with Crippen molar-refractivity contribution in [2.24, 2.45) is 0 Å². The summed E-state index contributed by atoms with van der Waals surface area (Å²) in [6.45, 7) is 9.21. The molecule has 3 nitrogen and oxygen atoms in total. The highest BCUT2D eigenvalue weighted by atomic mass is 32.1. The Hall–Kier alpha value is -0.940. The molecule has 2 aromatic rings. The molecular formula is C21H34N2OS2. The molecule has 0 spiro atoms. The van der Waals surface area contributed by atoms with Gasteiger partial charge in [0, 0.05) is 0 Å². The minimum Gasteiger partial charge on any atom is -0.477 e. The van der Waals surface area contributed by atoms with E-state index in [0.29, 0.717) is 0 Å². The van der Waals surface area contributed by atoms with Crippen LogP contribution in [0.2, 0.25) is 0 Å². The topological polar surface area (TPSA) is 35.0 Å². The van der Waals surface area contributed by atoms with Crippen LogP contribution in [0.25, 0.3) is 9.75 Å². The third-order valence-electron chi connectivity index (χ3n) is 4.55. The van der Waals surface area contributed by atoms with Crippen molar-refractivity contribution in [2.75, 3.05) is 6.61 Å². The summed E-state index contributed by atoms with van der Waals surface area (Å²) in [6.07, 6.45) is 13.4. The lowest BCUT2D eigenvalue weighted by molar-refractivity contribution is 0.295. The first-order chi connectivity index (χ1) is 12.6. The molecule has 0 unspecified atom stereocenters. The van der Waals surface area contributed by atoms with E-state index in [-0.39, 0.29) is 0 Å². The molecule has 146 valence electrons. The molecular weight excluding hydrogens is 360 g/mol. The van der Waals surface area contributed by atoms with Gasteiger partial charge < -0.3 is 4.74 Å². The van der Waals surface area contributed by atoms with Crippen molar-refractivity contribution < 1.29 is 4.74 Å². The number of aryl methyl sites for hydroxylation is 3. The van der Waals surface area contributed by atoms with Gasteiger partial charge in [-0.25, -0.2) is 9.97 Å². The Balaban J connectivity index is 1.65. The molecule has 0 aromatic carbocycles. The summed E-state index contributed by atoms with van der Waals surface area (Å²) < 4.78 is 6.03. The van der Waals surface area contributed by atoms with Gasteiger partial charge in [0.2, 0.25) is 5.88 Å². The van der Waals surface area contributed by atoms with Crippen LogP contribution in [-0.2, 0) is 0 Å². The molecule has 0 atom stereocenters. The number of hydrogen-bond acceptors (Lipinski definition) is 5. The van der Waals surface area contributed by atoms with Crippen molar-refractivity contribution in [1.29, 1.82) is 0 Å². The standard InChI is InChI=1S/C21H34N2OS2/c1-5-6-7-8-9-10-11-12-13-14-15-24-21-20(26-18(4)23-21)19-16(2)22-17(3)25-19/h5-15H2,1-4H3.